The van der Waals surface area contributed by atoms with E-state index in [1.165, 1.54) is 6.07 Å². The summed E-state index contributed by atoms with van der Waals surface area (Å²) in [6.45, 7) is 7.29. The predicted octanol–water partition coefficient (Wildman–Crippen LogP) is 1.60. The number of carboxylic acids is 1. The van der Waals surface area contributed by atoms with Crippen LogP contribution in [0, 0.1) is 12.3 Å². The fourth-order valence-corrected chi connectivity index (χ4v) is 1.45. The van der Waals surface area contributed by atoms with E-state index in [4.69, 9.17) is 9.63 Å². The third-order valence-corrected chi connectivity index (χ3v) is 2.59. The maximum absolute atomic E-state index is 11.9. The molecule has 0 aliphatic rings. The summed E-state index contributed by atoms with van der Waals surface area (Å²) in [5.41, 5.74) is -0.195. The Balaban J connectivity index is 2.78. The lowest BCUT2D eigenvalue weighted by Gasteiger charge is -2.29. The molecule has 0 spiro atoms. The number of aliphatic carboxylic acids is 1. The summed E-state index contributed by atoms with van der Waals surface area (Å²) < 4.78 is 4.81. The van der Waals surface area contributed by atoms with Crippen LogP contribution in [0.3, 0.4) is 0 Å². The molecule has 0 fully saturated rings. The van der Waals surface area contributed by atoms with E-state index >= 15 is 0 Å². The van der Waals surface area contributed by atoms with E-state index < -0.39 is 17.9 Å². The lowest BCUT2D eigenvalue weighted by molar-refractivity contribution is -0.138. The molecule has 0 aliphatic heterocycles. The standard InChI is InChI=1S/C12H18N2O4/c1-7-5-8(14-18-7)11(17)13-9(6-10(15)16)12(2,3)4/h5,9H,6H2,1-4H3,(H,13,17)(H,15,16). The molecule has 18 heavy (non-hydrogen) atoms. The molecule has 6 nitrogen and oxygen atoms in total. The molecule has 2 N–H and O–H groups in total. The number of aryl methyl sites for hydroxylation is 1. The zero-order valence-electron chi connectivity index (χ0n) is 11.0. The second-order valence-corrected chi connectivity index (χ2v) is 5.31. The Kier molecular flexibility index (Phi) is 4.11. The minimum atomic E-state index is -0.952. The monoisotopic (exact) mass is 254 g/mol. The van der Waals surface area contributed by atoms with Crippen molar-refractivity contribution in [3.8, 4) is 0 Å². The number of carboxylic acid groups (broad SMARTS) is 1. The molecule has 0 aromatic carbocycles. The van der Waals surface area contributed by atoms with Crippen LogP contribution in [0.4, 0.5) is 0 Å². The quantitative estimate of drug-likeness (QED) is 0.851. The van der Waals surface area contributed by atoms with Crippen LogP contribution in [-0.4, -0.2) is 28.2 Å². The van der Waals surface area contributed by atoms with Gasteiger partial charge in [0.25, 0.3) is 5.91 Å². The van der Waals surface area contributed by atoms with Crippen LogP contribution in [0.1, 0.15) is 43.4 Å². The highest BCUT2D eigenvalue weighted by Gasteiger charge is 2.29. The maximum Gasteiger partial charge on any atom is 0.305 e. The highest BCUT2D eigenvalue weighted by atomic mass is 16.5. The summed E-state index contributed by atoms with van der Waals surface area (Å²) in [5, 5.41) is 15.1. The summed E-state index contributed by atoms with van der Waals surface area (Å²) in [6.07, 6.45) is -0.133. The summed E-state index contributed by atoms with van der Waals surface area (Å²) in [7, 11) is 0. The van der Waals surface area contributed by atoms with E-state index in [2.05, 4.69) is 10.5 Å². The minimum absolute atomic E-state index is 0.133. The van der Waals surface area contributed by atoms with Gasteiger partial charge in [0.05, 0.1) is 6.42 Å². The molecule has 0 bridgehead atoms. The van der Waals surface area contributed by atoms with E-state index in [9.17, 15) is 9.59 Å². The van der Waals surface area contributed by atoms with Crippen molar-refractivity contribution in [1.29, 1.82) is 0 Å². The fraction of sp³-hybridized carbons (Fsp3) is 0.583. The van der Waals surface area contributed by atoms with Crippen molar-refractivity contribution >= 4 is 11.9 Å². The first-order valence-corrected chi connectivity index (χ1v) is 5.66. The summed E-state index contributed by atoms with van der Waals surface area (Å²) in [5.74, 6) is -0.842. The van der Waals surface area contributed by atoms with Gasteiger partial charge in [0, 0.05) is 12.1 Å². The van der Waals surface area contributed by atoms with E-state index in [0.717, 1.165) is 0 Å². The van der Waals surface area contributed by atoms with Crippen molar-refractivity contribution in [3.63, 3.8) is 0 Å². The first kappa shape index (κ1) is 14.2. The van der Waals surface area contributed by atoms with E-state index in [1.54, 1.807) is 6.92 Å². The Morgan fingerprint density at radius 2 is 2.11 bits per heavy atom. The zero-order valence-corrected chi connectivity index (χ0v) is 11.0. The Bertz CT molecular complexity index is 445. The summed E-state index contributed by atoms with van der Waals surface area (Å²) in [4.78, 5) is 22.7. The molecule has 0 saturated carbocycles. The minimum Gasteiger partial charge on any atom is -0.481 e. The van der Waals surface area contributed by atoms with Crippen molar-refractivity contribution in [2.24, 2.45) is 5.41 Å². The lowest BCUT2D eigenvalue weighted by atomic mass is 9.84. The molecule has 100 valence electrons. The van der Waals surface area contributed by atoms with Gasteiger partial charge in [-0.2, -0.15) is 0 Å². The second-order valence-electron chi connectivity index (χ2n) is 5.31. The third-order valence-electron chi connectivity index (χ3n) is 2.59. The molecule has 1 rings (SSSR count). The van der Waals surface area contributed by atoms with Gasteiger partial charge in [-0.3, -0.25) is 9.59 Å². The number of aromatic nitrogens is 1. The van der Waals surface area contributed by atoms with E-state index in [-0.39, 0.29) is 17.5 Å². The number of hydrogen-bond donors (Lipinski definition) is 2. The van der Waals surface area contributed by atoms with Crippen LogP contribution in [0.25, 0.3) is 0 Å². The number of hydrogen-bond acceptors (Lipinski definition) is 4. The van der Waals surface area contributed by atoms with Crippen LogP contribution >= 0.6 is 0 Å². The zero-order chi connectivity index (χ0) is 13.9. The van der Waals surface area contributed by atoms with Gasteiger partial charge >= 0.3 is 5.97 Å². The fourth-order valence-electron chi connectivity index (χ4n) is 1.45. The molecular formula is C12H18N2O4. The molecule has 1 unspecified atom stereocenters. The molecule has 1 aromatic rings. The molecule has 1 heterocycles. The van der Waals surface area contributed by atoms with Crippen molar-refractivity contribution in [2.75, 3.05) is 0 Å². The summed E-state index contributed by atoms with van der Waals surface area (Å²) >= 11 is 0. The Morgan fingerprint density at radius 1 is 1.50 bits per heavy atom. The molecule has 6 heteroatoms. The smallest absolute Gasteiger partial charge is 0.305 e. The predicted molar refractivity (Wildman–Crippen MR) is 64.2 cm³/mol. The van der Waals surface area contributed by atoms with Crippen molar-refractivity contribution in [3.05, 3.63) is 17.5 Å². The van der Waals surface area contributed by atoms with Crippen molar-refractivity contribution in [1.82, 2.24) is 10.5 Å². The molecule has 0 radical (unpaired) electrons. The van der Waals surface area contributed by atoms with Crippen LogP contribution in [0.5, 0.6) is 0 Å². The first-order chi connectivity index (χ1) is 8.20. The van der Waals surface area contributed by atoms with Gasteiger partial charge in [0.1, 0.15) is 5.76 Å². The third kappa shape index (κ3) is 3.87. The number of nitrogens with zero attached hydrogens (tertiary/aromatic N) is 1. The Hall–Kier alpha value is -1.85. The molecule has 1 atom stereocenters. The Morgan fingerprint density at radius 3 is 2.50 bits per heavy atom. The van der Waals surface area contributed by atoms with Gasteiger partial charge in [0.2, 0.25) is 0 Å². The van der Waals surface area contributed by atoms with Crippen LogP contribution in [0.15, 0.2) is 10.6 Å². The van der Waals surface area contributed by atoms with Gasteiger partial charge in [-0.25, -0.2) is 0 Å². The maximum atomic E-state index is 11.9. The highest BCUT2D eigenvalue weighted by molar-refractivity contribution is 5.92. The van der Waals surface area contributed by atoms with Gasteiger partial charge in [-0.1, -0.05) is 25.9 Å². The van der Waals surface area contributed by atoms with E-state index in [0.29, 0.717) is 5.76 Å². The average molecular weight is 254 g/mol. The van der Waals surface area contributed by atoms with Gasteiger partial charge in [-0.15, -0.1) is 0 Å². The molecule has 1 aromatic heterocycles. The molecule has 1 amide bonds. The van der Waals surface area contributed by atoms with E-state index in [1.807, 2.05) is 20.8 Å². The van der Waals surface area contributed by atoms with Crippen LogP contribution < -0.4 is 5.32 Å². The SMILES string of the molecule is Cc1cc(C(=O)NC(CC(=O)O)C(C)(C)C)no1. The van der Waals surface area contributed by atoms with Crippen molar-refractivity contribution < 1.29 is 19.2 Å². The van der Waals surface area contributed by atoms with Crippen molar-refractivity contribution in [2.45, 2.75) is 40.2 Å². The van der Waals surface area contributed by atoms with Gasteiger partial charge in [-0.05, 0) is 12.3 Å². The van der Waals surface area contributed by atoms with Gasteiger partial charge < -0.3 is 14.9 Å². The highest BCUT2D eigenvalue weighted by Crippen LogP contribution is 2.22. The molecule has 0 saturated heterocycles. The molecule has 0 aliphatic carbocycles. The van der Waals surface area contributed by atoms with Gasteiger partial charge in [0.15, 0.2) is 5.69 Å². The van der Waals surface area contributed by atoms with Crippen LogP contribution in [-0.2, 0) is 4.79 Å². The number of rotatable bonds is 4. The largest absolute Gasteiger partial charge is 0.481 e. The normalized spacial score (nSPS) is 13.1. The number of nitrogens with one attached hydrogen (secondary N) is 1. The number of carbonyl (C=O) groups excluding carboxylic acids is 1. The lowest BCUT2D eigenvalue weighted by Crippen LogP contribution is -2.45. The second kappa shape index (κ2) is 5.20. The molecular weight excluding hydrogens is 236 g/mol. The Labute approximate surface area is 105 Å². The number of carbonyl (C=O) groups is 2. The average Bonchev–Trinajstić information content (AvgIpc) is 2.61. The summed E-state index contributed by atoms with van der Waals surface area (Å²) in [6, 6.07) is 1.04. The topological polar surface area (TPSA) is 92.4 Å². The number of amides is 1. The first-order valence-electron chi connectivity index (χ1n) is 5.66. The van der Waals surface area contributed by atoms with Crippen LogP contribution in [0.2, 0.25) is 0 Å².